The van der Waals surface area contributed by atoms with Gasteiger partial charge < -0.3 is 4.74 Å². The molecule has 1 aliphatic carbocycles. The zero-order chi connectivity index (χ0) is 11.8. The molecule has 1 saturated carbocycles. The molecule has 6 heteroatoms. The number of hydrogen-bond donors (Lipinski definition) is 1. The van der Waals surface area contributed by atoms with E-state index in [1.165, 1.54) is 4.31 Å². The molecule has 0 amide bonds. The molecule has 0 aromatic rings. The summed E-state index contributed by atoms with van der Waals surface area (Å²) in [5, 5.41) is 0. The maximum absolute atomic E-state index is 12.0. The molecular weight excluding hydrogens is 228 g/mol. The first-order chi connectivity index (χ1) is 7.47. The number of ether oxygens (including phenoxy) is 1. The molecule has 2 fully saturated rings. The van der Waals surface area contributed by atoms with E-state index in [1.807, 2.05) is 13.8 Å². The van der Waals surface area contributed by atoms with E-state index in [0.29, 0.717) is 25.6 Å². The fourth-order valence-corrected chi connectivity index (χ4v) is 3.40. The van der Waals surface area contributed by atoms with Crippen LogP contribution in [0, 0.1) is 5.92 Å². The molecule has 16 heavy (non-hydrogen) atoms. The van der Waals surface area contributed by atoms with Crippen LogP contribution in [0.1, 0.15) is 26.7 Å². The van der Waals surface area contributed by atoms with E-state index in [0.717, 1.165) is 12.8 Å². The summed E-state index contributed by atoms with van der Waals surface area (Å²) in [5.74, 6) is 0.561. The van der Waals surface area contributed by atoms with E-state index in [9.17, 15) is 8.42 Å². The molecule has 5 nitrogen and oxygen atoms in total. The molecule has 1 heterocycles. The highest BCUT2D eigenvalue weighted by molar-refractivity contribution is 7.87. The van der Waals surface area contributed by atoms with Crippen LogP contribution in [0.5, 0.6) is 0 Å². The van der Waals surface area contributed by atoms with Crippen LogP contribution in [0.2, 0.25) is 0 Å². The first-order valence-electron chi connectivity index (χ1n) is 5.87. The predicted molar refractivity (Wildman–Crippen MR) is 61.2 cm³/mol. The SMILES string of the molecule is C[C@@H]1CN(S(=O)(=O)NCC2CC2)C[C@H](C)O1. The van der Waals surface area contributed by atoms with Gasteiger partial charge in [-0.15, -0.1) is 0 Å². The van der Waals surface area contributed by atoms with Crippen LogP contribution in [0.15, 0.2) is 0 Å². The van der Waals surface area contributed by atoms with Gasteiger partial charge in [0.1, 0.15) is 0 Å². The summed E-state index contributed by atoms with van der Waals surface area (Å²) in [6, 6.07) is 0. The highest BCUT2D eigenvalue weighted by atomic mass is 32.2. The molecule has 1 aliphatic heterocycles. The van der Waals surface area contributed by atoms with Crippen LogP contribution in [-0.4, -0.2) is 44.6 Å². The van der Waals surface area contributed by atoms with Crippen molar-refractivity contribution in [3.05, 3.63) is 0 Å². The Morgan fingerprint density at radius 3 is 2.31 bits per heavy atom. The van der Waals surface area contributed by atoms with Crippen molar-refractivity contribution < 1.29 is 13.2 Å². The van der Waals surface area contributed by atoms with Gasteiger partial charge in [0, 0.05) is 19.6 Å². The minimum atomic E-state index is -3.30. The quantitative estimate of drug-likeness (QED) is 0.780. The van der Waals surface area contributed by atoms with Crippen LogP contribution in [0.25, 0.3) is 0 Å². The standard InChI is InChI=1S/C10H20N2O3S/c1-8-6-12(7-9(2)15-8)16(13,14)11-5-10-3-4-10/h8-11H,3-7H2,1-2H3/t8-,9+. The molecule has 0 bridgehead atoms. The van der Waals surface area contributed by atoms with Gasteiger partial charge in [-0.2, -0.15) is 12.7 Å². The van der Waals surface area contributed by atoms with Crippen molar-refractivity contribution in [3.8, 4) is 0 Å². The summed E-state index contributed by atoms with van der Waals surface area (Å²) in [6.07, 6.45) is 2.25. The van der Waals surface area contributed by atoms with Crippen molar-refractivity contribution in [1.29, 1.82) is 0 Å². The normalized spacial score (nSPS) is 32.9. The topological polar surface area (TPSA) is 58.6 Å². The van der Waals surface area contributed by atoms with Crippen LogP contribution in [0.4, 0.5) is 0 Å². The highest BCUT2D eigenvalue weighted by Gasteiger charge is 2.32. The van der Waals surface area contributed by atoms with Crippen LogP contribution in [0.3, 0.4) is 0 Å². The van der Waals surface area contributed by atoms with E-state index in [-0.39, 0.29) is 12.2 Å². The van der Waals surface area contributed by atoms with Crippen molar-refractivity contribution >= 4 is 10.2 Å². The molecule has 0 unspecified atom stereocenters. The van der Waals surface area contributed by atoms with E-state index in [1.54, 1.807) is 0 Å². The van der Waals surface area contributed by atoms with Gasteiger partial charge >= 0.3 is 0 Å². The number of rotatable bonds is 4. The lowest BCUT2D eigenvalue weighted by atomic mass is 10.3. The average molecular weight is 248 g/mol. The molecule has 0 aromatic carbocycles. The fourth-order valence-electron chi connectivity index (χ4n) is 1.96. The Morgan fingerprint density at radius 2 is 1.81 bits per heavy atom. The largest absolute Gasteiger partial charge is 0.373 e. The van der Waals surface area contributed by atoms with Crippen molar-refractivity contribution in [2.75, 3.05) is 19.6 Å². The monoisotopic (exact) mass is 248 g/mol. The van der Waals surface area contributed by atoms with E-state index < -0.39 is 10.2 Å². The molecule has 1 saturated heterocycles. The van der Waals surface area contributed by atoms with Gasteiger partial charge in [0.05, 0.1) is 12.2 Å². The van der Waals surface area contributed by atoms with Crippen molar-refractivity contribution in [1.82, 2.24) is 9.03 Å². The minimum absolute atomic E-state index is 0.0266. The lowest BCUT2D eigenvalue weighted by Crippen LogP contribution is -2.52. The Bertz CT molecular complexity index is 330. The molecule has 94 valence electrons. The molecule has 0 spiro atoms. The van der Waals surface area contributed by atoms with Gasteiger partial charge in [0.25, 0.3) is 10.2 Å². The van der Waals surface area contributed by atoms with Crippen molar-refractivity contribution in [2.24, 2.45) is 5.92 Å². The maximum Gasteiger partial charge on any atom is 0.279 e. The highest BCUT2D eigenvalue weighted by Crippen LogP contribution is 2.28. The lowest BCUT2D eigenvalue weighted by Gasteiger charge is -2.34. The average Bonchev–Trinajstić information content (AvgIpc) is 2.96. The third-order valence-corrected chi connectivity index (χ3v) is 4.49. The summed E-state index contributed by atoms with van der Waals surface area (Å²) in [6.45, 7) is 5.29. The predicted octanol–water partition coefficient (Wildman–Crippen LogP) is 0.340. The first kappa shape index (κ1) is 12.3. The second-order valence-corrected chi connectivity index (χ2v) is 6.63. The van der Waals surface area contributed by atoms with Crippen molar-refractivity contribution in [3.63, 3.8) is 0 Å². The zero-order valence-corrected chi connectivity index (χ0v) is 10.7. The smallest absolute Gasteiger partial charge is 0.279 e. The summed E-state index contributed by atoms with van der Waals surface area (Å²) >= 11 is 0. The van der Waals surface area contributed by atoms with E-state index >= 15 is 0 Å². The van der Waals surface area contributed by atoms with E-state index in [2.05, 4.69) is 4.72 Å². The third kappa shape index (κ3) is 3.16. The minimum Gasteiger partial charge on any atom is -0.373 e. The number of hydrogen-bond acceptors (Lipinski definition) is 3. The Labute approximate surface area is 97.3 Å². The molecule has 0 aromatic heterocycles. The molecular formula is C10H20N2O3S. The van der Waals surface area contributed by atoms with Gasteiger partial charge in [-0.3, -0.25) is 0 Å². The molecule has 2 rings (SSSR count). The lowest BCUT2D eigenvalue weighted by molar-refractivity contribution is -0.0443. The molecule has 2 atom stereocenters. The van der Waals surface area contributed by atoms with Crippen LogP contribution < -0.4 is 4.72 Å². The van der Waals surface area contributed by atoms with E-state index in [4.69, 9.17) is 4.74 Å². The van der Waals surface area contributed by atoms with Crippen LogP contribution in [-0.2, 0) is 14.9 Å². The van der Waals surface area contributed by atoms with Gasteiger partial charge in [0.2, 0.25) is 0 Å². The molecule has 1 N–H and O–H groups in total. The molecule has 0 radical (unpaired) electrons. The third-order valence-electron chi connectivity index (χ3n) is 2.98. The van der Waals surface area contributed by atoms with Crippen LogP contribution >= 0.6 is 0 Å². The van der Waals surface area contributed by atoms with Gasteiger partial charge in [-0.05, 0) is 32.6 Å². The number of nitrogens with one attached hydrogen (secondary N) is 1. The van der Waals surface area contributed by atoms with Crippen molar-refractivity contribution in [2.45, 2.75) is 38.9 Å². The number of nitrogens with zero attached hydrogens (tertiary/aromatic N) is 1. The molecule has 2 aliphatic rings. The fraction of sp³-hybridized carbons (Fsp3) is 1.00. The summed E-state index contributed by atoms with van der Waals surface area (Å²) < 4.78 is 33.6. The second kappa shape index (κ2) is 4.60. The Morgan fingerprint density at radius 1 is 1.25 bits per heavy atom. The summed E-state index contributed by atoms with van der Waals surface area (Å²) in [4.78, 5) is 0. The Hall–Kier alpha value is -0.170. The zero-order valence-electron chi connectivity index (χ0n) is 9.85. The maximum atomic E-state index is 12.0. The first-order valence-corrected chi connectivity index (χ1v) is 7.31. The number of morpholine rings is 1. The second-order valence-electron chi connectivity index (χ2n) is 4.87. The van der Waals surface area contributed by atoms with Gasteiger partial charge in [0.15, 0.2) is 0 Å². The Balaban J connectivity index is 1.92. The van der Waals surface area contributed by atoms with Gasteiger partial charge in [-0.25, -0.2) is 4.72 Å². The summed E-state index contributed by atoms with van der Waals surface area (Å²) in [5.41, 5.74) is 0. The Kier molecular flexibility index (Phi) is 3.53. The summed E-state index contributed by atoms with van der Waals surface area (Å²) in [7, 11) is -3.30. The van der Waals surface area contributed by atoms with Gasteiger partial charge in [-0.1, -0.05) is 0 Å².